The Bertz CT molecular complexity index is 741. The van der Waals surface area contributed by atoms with E-state index in [0.717, 1.165) is 30.8 Å². The van der Waals surface area contributed by atoms with Crippen molar-refractivity contribution < 1.29 is 14.3 Å². The summed E-state index contributed by atoms with van der Waals surface area (Å²) in [6.07, 6.45) is 9.85. The number of aromatic nitrogens is 2. The standard InChI is InChI=1S/C18H21N3O3/c22-18(23-11-14-9-20-6-4-12(14)5-7-20)16-10-21-17-13(8-19-21)2-1-3-15(17)24-16/h3,8,10,12,14H,1-2,4-7,9,11H2. The van der Waals surface area contributed by atoms with Gasteiger partial charge in [-0.15, -0.1) is 0 Å². The summed E-state index contributed by atoms with van der Waals surface area (Å²) in [5.41, 5.74) is 2.14. The van der Waals surface area contributed by atoms with Crippen LogP contribution in [0.5, 0.6) is 0 Å². The predicted molar refractivity (Wildman–Crippen MR) is 87.5 cm³/mol. The van der Waals surface area contributed by atoms with E-state index in [1.807, 2.05) is 12.3 Å². The topological polar surface area (TPSA) is 56.6 Å². The van der Waals surface area contributed by atoms with Crippen LogP contribution in [0.1, 0.15) is 30.5 Å². The summed E-state index contributed by atoms with van der Waals surface area (Å²) in [7, 11) is 0. The fourth-order valence-corrected chi connectivity index (χ4v) is 4.38. The van der Waals surface area contributed by atoms with Crippen LogP contribution in [-0.2, 0) is 20.7 Å². The van der Waals surface area contributed by atoms with E-state index in [1.54, 1.807) is 10.9 Å². The maximum Gasteiger partial charge on any atom is 0.375 e. The average molecular weight is 327 g/mol. The van der Waals surface area contributed by atoms with Crippen molar-refractivity contribution in [3.05, 3.63) is 29.3 Å². The summed E-state index contributed by atoms with van der Waals surface area (Å²) in [6.45, 7) is 3.93. The number of esters is 1. The van der Waals surface area contributed by atoms with Crippen molar-refractivity contribution in [1.29, 1.82) is 0 Å². The van der Waals surface area contributed by atoms with E-state index in [4.69, 9.17) is 9.47 Å². The van der Waals surface area contributed by atoms with Gasteiger partial charge in [-0.2, -0.15) is 5.10 Å². The number of fused-ring (bicyclic) bond motifs is 3. The van der Waals surface area contributed by atoms with Crippen molar-refractivity contribution in [3.63, 3.8) is 0 Å². The van der Waals surface area contributed by atoms with E-state index in [1.165, 1.54) is 31.5 Å². The molecule has 6 rings (SSSR count). The highest BCUT2D eigenvalue weighted by molar-refractivity contribution is 5.92. The zero-order valence-electron chi connectivity index (χ0n) is 13.6. The third-order valence-corrected chi connectivity index (χ3v) is 5.73. The average Bonchev–Trinajstić information content (AvgIpc) is 3.05. The predicted octanol–water partition coefficient (Wildman–Crippen LogP) is 1.88. The minimum Gasteiger partial charge on any atom is -0.459 e. The van der Waals surface area contributed by atoms with Crippen LogP contribution in [-0.4, -0.2) is 46.9 Å². The molecule has 1 atom stereocenters. The summed E-state index contributed by atoms with van der Waals surface area (Å²) in [6, 6.07) is 0. The molecule has 0 amide bonds. The first kappa shape index (κ1) is 14.3. The molecule has 4 aliphatic heterocycles. The molecular formula is C18H21N3O3. The molecule has 0 saturated carbocycles. The molecule has 1 unspecified atom stereocenters. The number of ether oxygens (including phenoxy) is 2. The molecule has 0 radical (unpaired) electrons. The quantitative estimate of drug-likeness (QED) is 0.794. The van der Waals surface area contributed by atoms with Gasteiger partial charge in [0.2, 0.25) is 5.76 Å². The van der Waals surface area contributed by atoms with Crippen molar-refractivity contribution in [1.82, 2.24) is 14.7 Å². The molecule has 126 valence electrons. The summed E-state index contributed by atoms with van der Waals surface area (Å²) in [5, 5.41) is 4.34. The van der Waals surface area contributed by atoms with Gasteiger partial charge in [-0.25, -0.2) is 9.48 Å². The minimum absolute atomic E-state index is 0.228. The number of nitrogens with zero attached hydrogens (tertiary/aromatic N) is 3. The molecule has 1 aliphatic carbocycles. The molecule has 3 fully saturated rings. The Hall–Kier alpha value is -2.08. The SMILES string of the molecule is O=C(OCC1CN2CCC1CC2)C1=Cn2ncc3c2C(=CCC3)O1. The Balaban J connectivity index is 1.29. The van der Waals surface area contributed by atoms with Crippen molar-refractivity contribution >= 4 is 17.9 Å². The third-order valence-electron chi connectivity index (χ3n) is 5.73. The lowest BCUT2D eigenvalue weighted by Gasteiger charge is -2.44. The van der Waals surface area contributed by atoms with Crippen molar-refractivity contribution in [3.8, 4) is 0 Å². The number of aryl methyl sites for hydroxylation is 1. The molecule has 24 heavy (non-hydrogen) atoms. The van der Waals surface area contributed by atoms with E-state index >= 15 is 0 Å². The number of piperidine rings is 3. The molecule has 6 heteroatoms. The largest absolute Gasteiger partial charge is 0.459 e. The van der Waals surface area contributed by atoms with Crippen LogP contribution in [0.3, 0.4) is 0 Å². The summed E-state index contributed by atoms with van der Waals surface area (Å²) < 4.78 is 13.1. The first-order valence-corrected chi connectivity index (χ1v) is 8.84. The van der Waals surface area contributed by atoms with E-state index in [9.17, 15) is 4.79 Å². The van der Waals surface area contributed by atoms with Gasteiger partial charge in [-0.1, -0.05) is 0 Å². The molecule has 1 aromatic heterocycles. The third kappa shape index (κ3) is 2.28. The first-order valence-electron chi connectivity index (χ1n) is 8.84. The Kier molecular flexibility index (Phi) is 3.26. The number of hydrogen-bond donors (Lipinski definition) is 0. The smallest absolute Gasteiger partial charge is 0.375 e. The van der Waals surface area contributed by atoms with E-state index in [-0.39, 0.29) is 11.7 Å². The van der Waals surface area contributed by atoms with Gasteiger partial charge in [0.15, 0.2) is 0 Å². The maximum absolute atomic E-state index is 12.4. The van der Waals surface area contributed by atoms with Crippen molar-refractivity contribution in [2.45, 2.75) is 25.7 Å². The second kappa shape index (κ2) is 5.48. The van der Waals surface area contributed by atoms with Gasteiger partial charge in [0.25, 0.3) is 0 Å². The number of hydrogen-bond acceptors (Lipinski definition) is 5. The van der Waals surface area contributed by atoms with Crippen LogP contribution >= 0.6 is 0 Å². The van der Waals surface area contributed by atoms with Gasteiger partial charge in [0.1, 0.15) is 11.5 Å². The Morgan fingerprint density at radius 3 is 3.04 bits per heavy atom. The molecule has 5 aliphatic rings. The van der Waals surface area contributed by atoms with Crippen LogP contribution in [0, 0.1) is 11.8 Å². The van der Waals surface area contributed by atoms with Gasteiger partial charge >= 0.3 is 5.97 Å². The summed E-state index contributed by atoms with van der Waals surface area (Å²) >= 11 is 0. The molecule has 0 aromatic carbocycles. The first-order chi connectivity index (χ1) is 11.8. The minimum atomic E-state index is -0.388. The molecule has 3 saturated heterocycles. The van der Waals surface area contributed by atoms with Crippen LogP contribution < -0.4 is 0 Å². The van der Waals surface area contributed by atoms with E-state index in [0.29, 0.717) is 18.4 Å². The molecule has 2 bridgehead atoms. The number of allylic oxidation sites excluding steroid dienone is 1. The van der Waals surface area contributed by atoms with Crippen molar-refractivity contribution in [2.24, 2.45) is 11.8 Å². The highest BCUT2D eigenvalue weighted by Crippen LogP contribution is 2.34. The van der Waals surface area contributed by atoms with E-state index in [2.05, 4.69) is 10.00 Å². The highest BCUT2D eigenvalue weighted by atomic mass is 16.6. The Morgan fingerprint density at radius 2 is 2.25 bits per heavy atom. The van der Waals surface area contributed by atoms with Gasteiger partial charge < -0.3 is 14.4 Å². The van der Waals surface area contributed by atoms with Gasteiger partial charge in [-0.05, 0) is 50.8 Å². The van der Waals surface area contributed by atoms with Crippen LogP contribution in [0.25, 0.3) is 12.0 Å². The summed E-state index contributed by atoms with van der Waals surface area (Å²) in [5.74, 6) is 1.73. The number of carbonyl (C=O) groups excluding carboxylic acids is 1. The lowest BCUT2D eigenvalue weighted by molar-refractivity contribution is -0.145. The second-order valence-electron chi connectivity index (χ2n) is 7.16. The molecular weight excluding hydrogens is 306 g/mol. The normalized spacial score (nSPS) is 30.1. The molecule has 5 heterocycles. The number of carbonyl (C=O) groups is 1. The lowest BCUT2D eigenvalue weighted by atomic mass is 9.79. The Labute approximate surface area is 140 Å². The van der Waals surface area contributed by atoms with Crippen LogP contribution in [0.15, 0.2) is 18.0 Å². The van der Waals surface area contributed by atoms with Gasteiger partial charge in [0.05, 0.1) is 19.0 Å². The zero-order valence-corrected chi connectivity index (χ0v) is 13.6. The Morgan fingerprint density at radius 1 is 1.38 bits per heavy atom. The lowest BCUT2D eigenvalue weighted by Crippen LogP contribution is -2.49. The fraction of sp³-hybridized carbons (Fsp3) is 0.556. The van der Waals surface area contributed by atoms with Gasteiger partial charge in [-0.3, -0.25) is 0 Å². The maximum atomic E-state index is 12.4. The number of rotatable bonds is 3. The van der Waals surface area contributed by atoms with Crippen LogP contribution in [0.2, 0.25) is 0 Å². The zero-order chi connectivity index (χ0) is 16.1. The van der Waals surface area contributed by atoms with E-state index < -0.39 is 0 Å². The molecule has 6 nitrogen and oxygen atoms in total. The van der Waals surface area contributed by atoms with Crippen LogP contribution in [0.4, 0.5) is 0 Å². The monoisotopic (exact) mass is 327 g/mol. The molecule has 0 N–H and O–H groups in total. The van der Waals surface area contributed by atoms with Gasteiger partial charge in [0, 0.05) is 18.0 Å². The highest BCUT2D eigenvalue weighted by Gasteiger charge is 2.35. The molecule has 0 spiro atoms. The molecule has 1 aromatic rings. The fourth-order valence-electron chi connectivity index (χ4n) is 4.38. The summed E-state index contributed by atoms with van der Waals surface area (Å²) in [4.78, 5) is 14.9. The second-order valence-corrected chi connectivity index (χ2v) is 7.16. The van der Waals surface area contributed by atoms with Crippen molar-refractivity contribution in [2.75, 3.05) is 26.2 Å².